The predicted octanol–water partition coefficient (Wildman–Crippen LogP) is 2.95. The van der Waals surface area contributed by atoms with Crippen molar-refractivity contribution < 1.29 is 4.79 Å². The molecule has 6 heteroatoms. The van der Waals surface area contributed by atoms with E-state index >= 15 is 0 Å². The molecule has 22 heavy (non-hydrogen) atoms. The summed E-state index contributed by atoms with van der Waals surface area (Å²) in [6.45, 7) is 0. The number of carbonyl (C=O) groups excluding carboxylic acids is 1. The van der Waals surface area contributed by atoms with Crippen LogP contribution in [0.1, 0.15) is 29.0 Å². The first-order valence-corrected chi connectivity index (χ1v) is 8.10. The summed E-state index contributed by atoms with van der Waals surface area (Å²) in [7, 11) is 0. The van der Waals surface area contributed by atoms with E-state index in [1.54, 1.807) is 11.3 Å². The lowest BCUT2D eigenvalue weighted by Gasteiger charge is -2.15. The first kappa shape index (κ1) is 16.9. The van der Waals surface area contributed by atoms with E-state index in [0.717, 1.165) is 31.4 Å². The van der Waals surface area contributed by atoms with Crippen LogP contribution in [0.25, 0.3) is 0 Å². The Morgan fingerprint density at radius 1 is 1.36 bits per heavy atom. The molecule has 0 spiro atoms. The highest BCUT2D eigenvalue weighted by Gasteiger charge is 2.20. The van der Waals surface area contributed by atoms with Crippen molar-refractivity contribution in [3.8, 4) is 0 Å². The van der Waals surface area contributed by atoms with Gasteiger partial charge in [-0.1, -0.05) is 30.3 Å². The van der Waals surface area contributed by atoms with Crippen LogP contribution in [-0.4, -0.2) is 16.9 Å². The third kappa shape index (κ3) is 4.29. The van der Waals surface area contributed by atoms with Crippen molar-refractivity contribution in [1.29, 1.82) is 0 Å². The molecule has 1 amide bonds. The molecular weight excluding hydrogens is 318 g/mol. The standard InChI is InChI=1S/C16H19N3OS.ClH/c17-12-7-8-13-14(10-12)21-16(18-13)19-15(20)9-6-11-4-2-1-3-5-11;/h1-5,12H,6-10,17H2,(H,18,19,20);1H/t12-;/m0./s1. The monoisotopic (exact) mass is 337 g/mol. The molecule has 1 aliphatic rings. The molecule has 4 nitrogen and oxygen atoms in total. The van der Waals surface area contributed by atoms with Gasteiger partial charge in [-0.15, -0.1) is 23.7 Å². The molecule has 3 N–H and O–H groups in total. The van der Waals surface area contributed by atoms with Crippen LogP contribution in [0.2, 0.25) is 0 Å². The van der Waals surface area contributed by atoms with Crippen LogP contribution < -0.4 is 11.1 Å². The molecule has 1 aromatic heterocycles. The zero-order valence-corrected chi connectivity index (χ0v) is 13.9. The van der Waals surface area contributed by atoms with Gasteiger partial charge in [-0.3, -0.25) is 4.79 Å². The molecule has 1 heterocycles. The van der Waals surface area contributed by atoms with E-state index in [-0.39, 0.29) is 24.4 Å². The smallest absolute Gasteiger partial charge is 0.226 e. The molecule has 2 aromatic rings. The highest BCUT2D eigenvalue weighted by molar-refractivity contribution is 7.15. The summed E-state index contributed by atoms with van der Waals surface area (Å²) in [6, 6.07) is 10.3. The fraction of sp³-hybridized carbons (Fsp3) is 0.375. The Hall–Kier alpha value is -1.43. The number of hydrogen-bond acceptors (Lipinski definition) is 4. The maximum absolute atomic E-state index is 12.0. The van der Waals surface area contributed by atoms with Crippen LogP contribution in [-0.2, 0) is 24.1 Å². The Morgan fingerprint density at radius 2 is 2.14 bits per heavy atom. The van der Waals surface area contributed by atoms with Crippen LogP contribution in [0.4, 0.5) is 5.13 Å². The lowest BCUT2D eigenvalue weighted by Crippen LogP contribution is -2.27. The largest absolute Gasteiger partial charge is 0.327 e. The minimum Gasteiger partial charge on any atom is -0.327 e. The van der Waals surface area contributed by atoms with Gasteiger partial charge >= 0.3 is 0 Å². The van der Waals surface area contributed by atoms with Crippen molar-refractivity contribution in [2.45, 2.75) is 38.1 Å². The molecule has 118 valence electrons. The second-order valence-corrected chi connectivity index (χ2v) is 6.51. The van der Waals surface area contributed by atoms with E-state index in [1.807, 2.05) is 30.3 Å². The highest BCUT2D eigenvalue weighted by atomic mass is 35.5. The molecule has 0 saturated carbocycles. The van der Waals surface area contributed by atoms with Crippen molar-refractivity contribution in [2.75, 3.05) is 5.32 Å². The number of nitrogens with one attached hydrogen (secondary N) is 1. The van der Waals surface area contributed by atoms with Crippen LogP contribution in [0.15, 0.2) is 30.3 Å². The summed E-state index contributed by atoms with van der Waals surface area (Å²) in [5.74, 6) is 0.0225. The van der Waals surface area contributed by atoms with Gasteiger partial charge in [-0.05, 0) is 31.2 Å². The molecule has 1 aromatic carbocycles. The van der Waals surface area contributed by atoms with Gasteiger partial charge in [-0.2, -0.15) is 0 Å². The number of rotatable bonds is 4. The van der Waals surface area contributed by atoms with E-state index in [1.165, 1.54) is 10.4 Å². The second-order valence-electron chi connectivity index (χ2n) is 5.43. The van der Waals surface area contributed by atoms with Crippen molar-refractivity contribution in [3.05, 3.63) is 46.5 Å². The quantitative estimate of drug-likeness (QED) is 0.901. The minimum atomic E-state index is 0. The van der Waals surface area contributed by atoms with Crippen molar-refractivity contribution in [1.82, 2.24) is 4.98 Å². The number of anilines is 1. The number of amides is 1. The Labute approximate surface area is 140 Å². The number of carbonyl (C=O) groups is 1. The number of nitrogens with two attached hydrogens (primary N) is 1. The topological polar surface area (TPSA) is 68.0 Å². The fourth-order valence-corrected chi connectivity index (χ4v) is 3.66. The molecule has 0 radical (unpaired) electrons. The van der Waals surface area contributed by atoms with Gasteiger partial charge in [0.05, 0.1) is 5.69 Å². The molecule has 1 atom stereocenters. The summed E-state index contributed by atoms with van der Waals surface area (Å²) in [5.41, 5.74) is 8.25. The predicted molar refractivity (Wildman–Crippen MR) is 92.8 cm³/mol. The van der Waals surface area contributed by atoms with Gasteiger partial charge in [-0.25, -0.2) is 4.98 Å². The Bertz CT molecular complexity index is 630. The number of thiazole rings is 1. The average Bonchev–Trinajstić information content (AvgIpc) is 2.87. The fourth-order valence-electron chi connectivity index (χ4n) is 2.54. The van der Waals surface area contributed by atoms with E-state index in [9.17, 15) is 4.79 Å². The van der Waals surface area contributed by atoms with Gasteiger partial charge in [0, 0.05) is 17.3 Å². The summed E-state index contributed by atoms with van der Waals surface area (Å²) in [4.78, 5) is 17.7. The van der Waals surface area contributed by atoms with Crippen LogP contribution in [0, 0.1) is 0 Å². The first-order chi connectivity index (χ1) is 10.2. The molecule has 0 saturated heterocycles. The molecular formula is C16H20ClN3OS. The van der Waals surface area contributed by atoms with Gasteiger partial charge < -0.3 is 11.1 Å². The summed E-state index contributed by atoms with van der Waals surface area (Å²) in [5, 5.41) is 3.63. The number of halogens is 1. The van der Waals surface area contributed by atoms with Crippen molar-refractivity contribution in [3.63, 3.8) is 0 Å². The lowest BCUT2D eigenvalue weighted by atomic mass is 9.99. The summed E-state index contributed by atoms with van der Waals surface area (Å²) >= 11 is 1.57. The van der Waals surface area contributed by atoms with E-state index in [0.29, 0.717) is 11.6 Å². The SMILES string of the molecule is Cl.N[C@H]1CCc2nc(NC(=O)CCc3ccccc3)sc2C1. The Morgan fingerprint density at radius 3 is 2.91 bits per heavy atom. The average molecular weight is 338 g/mol. The van der Waals surface area contributed by atoms with Gasteiger partial charge in [0.1, 0.15) is 0 Å². The molecule has 3 rings (SSSR count). The Kier molecular flexibility index (Phi) is 5.94. The number of aryl methyl sites for hydroxylation is 2. The van der Waals surface area contributed by atoms with Crippen LogP contribution >= 0.6 is 23.7 Å². The third-order valence-corrected chi connectivity index (χ3v) is 4.74. The first-order valence-electron chi connectivity index (χ1n) is 7.28. The number of hydrogen-bond donors (Lipinski definition) is 2. The zero-order valence-electron chi connectivity index (χ0n) is 12.2. The van der Waals surface area contributed by atoms with E-state index in [2.05, 4.69) is 10.3 Å². The van der Waals surface area contributed by atoms with Gasteiger partial charge in [0.25, 0.3) is 0 Å². The highest BCUT2D eigenvalue weighted by Crippen LogP contribution is 2.29. The van der Waals surface area contributed by atoms with Gasteiger partial charge in [0.2, 0.25) is 5.91 Å². The molecule has 0 bridgehead atoms. The molecule has 0 unspecified atom stereocenters. The molecule has 0 aliphatic heterocycles. The van der Waals surface area contributed by atoms with E-state index in [4.69, 9.17) is 5.73 Å². The van der Waals surface area contributed by atoms with Crippen molar-refractivity contribution in [2.24, 2.45) is 5.73 Å². The van der Waals surface area contributed by atoms with Crippen molar-refractivity contribution >= 4 is 34.8 Å². The number of aromatic nitrogens is 1. The van der Waals surface area contributed by atoms with Crippen LogP contribution in [0.5, 0.6) is 0 Å². The maximum atomic E-state index is 12.0. The maximum Gasteiger partial charge on any atom is 0.226 e. The number of nitrogens with zero attached hydrogens (tertiary/aromatic N) is 1. The summed E-state index contributed by atoms with van der Waals surface area (Å²) < 4.78 is 0. The lowest BCUT2D eigenvalue weighted by molar-refractivity contribution is -0.116. The third-order valence-electron chi connectivity index (χ3n) is 3.71. The Balaban J connectivity index is 0.00000176. The minimum absolute atomic E-state index is 0. The van der Waals surface area contributed by atoms with Crippen LogP contribution in [0.3, 0.4) is 0 Å². The number of fused-ring (bicyclic) bond motifs is 1. The summed E-state index contributed by atoms with van der Waals surface area (Å²) in [6.07, 6.45) is 4.02. The van der Waals surface area contributed by atoms with E-state index < -0.39 is 0 Å². The normalized spacial score (nSPS) is 16.5. The molecule has 1 aliphatic carbocycles. The zero-order chi connectivity index (χ0) is 14.7. The molecule has 0 fully saturated rings. The van der Waals surface area contributed by atoms with Gasteiger partial charge in [0.15, 0.2) is 5.13 Å². The second kappa shape index (κ2) is 7.72. The number of benzene rings is 1.